The molecule has 1 aromatic rings. The van der Waals surface area contributed by atoms with Crippen molar-refractivity contribution in [2.45, 2.75) is 45.6 Å². The zero-order chi connectivity index (χ0) is 13.8. The van der Waals surface area contributed by atoms with Crippen molar-refractivity contribution in [1.29, 1.82) is 0 Å². The predicted molar refractivity (Wildman–Crippen MR) is 83.0 cm³/mol. The number of hydrogen-bond acceptors (Lipinski definition) is 1. The summed E-state index contributed by atoms with van der Waals surface area (Å²) in [7, 11) is 0. The zero-order valence-corrected chi connectivity index (χ0v) is 13.4. The lowest BCUT2D eigenvalue weighted by Crippen LogP contribution is -2.36. The molecule has 2 rings (SSSR count). The summed E-state index contributed by atoms with van der Waals surface area (Å²) in [4.78, 5) is 14.8. The molecule has 1 heterocycles. The van der Waals surface area contributed by atoms with Gasteiger partial charge in [-0.05, 0) is 51.2 Å². The molecule has 0 radical (unpaired) electrons. The van der Waals surface area contributed by atoms with E-state index in [0.29, 0.717) is 6.04 Å². The van der Waals surface area contributed by atoms with Gasteiger partial charge in [0.2, 0.25) is 0 Å². The van der Waals surface area contributed by atoms with Crippen LogP contribution in [0.2, 0.25) is 0 Å². The van der Waals surface area contributed by atoms with Gasteiger partial charge in [0.1, 0.15) is 0 Å². The van der Waals surface area contributed by atoms with E-state index in [-0.39, 0.29) is 5.91 Å². The van der Waals surface area contributed by atoms with Crippen molar-refractivity contribution in [3.05, 3.63) is 34.9 Å². The molecule has 0 spiro atoms. The first-order valence-electron chi connectivity index (χ1n) is 7.07. The fraction of sp³-hybridized carbons (Fsp3) is 0.562. The SMILES string of the molecule is Cc1ccc(C)c(C(=O)N2CCCC2CCCBr)c1. The molecular weight excluding hydrogens is 302 g/mol. The lowest BCUT2D eigenvalue weighted by atomic mass is 10.0. The van der Waals surface area contributed by atoms with Crippen LogP contribution in [0.25, 0.3) is 0 Å². The third-order valence-corrected chi connectivity index (χ3v) is 4.49. The first-order valence-corrected chi connectivity index (χ1v) is 8.20. The van der Waals surface area contributed by atoms with Crippen molar-refractivity contribution in [3.63, 3.8) is 0 Å². The van der Waals surface area contributed by atoms with E-state index in [0.717, 1.165) is 54.2 Å². The summed E-state index contributed by atoms with van der Waals surface area (Å²) in [5.74, 6) is 0.221. The lowest BCUT2D eigenvalue weighted by molar-refractivity contribution is 0.0729. The van der Waals surface area contributed by atoms with Gasteiger partial charge in [-0.1, -0.05) is 33.6 Å². The minimum atomic E-state index is 0.221. The van der Waals surface area contributed by atoms with Crippen LogP contribution < -0.4 is 0 Å². The van der Waals surface area contributed by atoms with E-state index in [9.17, 15) is 4.79 Å². The first kappa shape index (κ1) is 14.6. The standard InChI is InChI=1S/C16H22BrNO/c1-12-7-8-13(2)15(11-12)16(19)18-10-4-6-14(18)5-3-9-17/h7-8,11,14H,3-6,9-10H2,1-2H3. The van der Waals surface area contributed by atoms with Gasteiger partial charge in [0.15, 0.2) is 0 Å². The Morgan fingerprint density at radius 1 is 1.42 bits per heavy atom. The van der Waals surface area contributed by atoms with Gasteiger partial charge in [-0.25, -0.2) is 0 Å². The van der Waals surface area contributed by atoms with Crippen LogP contribution in [-0.2, 0) is 0 Å². The maximum atomic E-state index is 12.7. The molecule has 0 aliphatic carbocycles. The van der Waals surface area contributed by atoms with E-state index in [1.54, 1.807) is 0 Å². The molecule has 0 aromatic heterocycles. The Labute approximate surface area is 124 Å². The maximum absolute atomic E-state index is 12.7. The summed E-state index contributed by atoms with van der Waals surface area (Å²) in [6.07, 6.45) is 4.55. The average Bonchev–Trinajstić information content (AvgIpc) is 2.86. The van der Waals surface area contributed by atoms with Crippen LogP contribution in [0.3, 0.4) is 0 Å². The highest BCUT2D eigenvalue weighted by atomic mass is 79.9. The minimum Gasteiger partial charge on any atom is -0.336 e. The fourth-order valence-corrected chi connectivity index (χ4v) is 3.16. The number of alkyl halides is 1. The molecule has 1 fully saturated rings. The molecular formula is C16H22BrNO. The second-order valence-corrected chi connectivity index (χ2v) is 6.24. The summed E-state index contributed by atoms with van der Waals surface area (Å²) in [5, 5.41) is 1.02. The number of likely N-dealkylation sites (tertiary alicyclic amines) is 1. The third kappa shape index (κ3) is 3.38. The van der Waals surface area contributed by atoms with Crippen molar-refractivity contribution < 1.29 is 4.79 Å². The van der Waals surface area contributed by atoms with Crippen LogP contribution >= 0.6 is 15.9 Å². The smallest absolute Gasteiger partial charge is 0.254 e. The van der Waals surface area contributed by atoms with Gasteiger partial charge in [-0.3, -0.25) is 4.79 Å². The Morgan fingerprint density at radius 3 is 2.95 bits per heavy atom. The van der Waals surface area contributed by atoms with Crippen molar-refractivity contribution in [3.8, 4) is 0 Å². The first-order chi connectivity index (χ1) is 9.13. The van der Waals surface area contributed by atoms with E-state index in [2.05, 4.69) is 26.9 Å². The molecule has 1 atom stereocenters. The molecule has 1 saturated heterocycles. The van der Waals surface area contributed by atoms with Gasteiger partial charge in [-0.15, -0.1) is 0 Å². The molecule has 1 aromatic carbocycles. The van der Waals surface area contributed by atoms with Crippen LogP contribution in [0.1, 0.15) is 47.2 Å². The normalized spacial score (nSPS) is 18.9. The molecule has 104 valence electrons. The van der Waals surface area contributed by atoms with Gasteiger partial charge in [0.05, 0.1) is 0 Å². The number of nitrogens with zero attached hydrogens (tertiary/aromatic N) is 1. The number of halogens is 1. The highest BCUT2D eigenvalue weighted by Crippen LogP contribution is 2.25. The number of carbonyl (C=O) groups is 1. The van der Waals surface area contributed by atoms with Gasteiger partial charge >= 0.3 is 0 Å². The van der Waals surface area contributed by atoms with Crippen LogP contribution in [0.15, 0.2) is 18.2 Å². The van der Waals surface area contributed by atoms with Crippen molar-refractivity contribution in [2.24, 2.45) is 0 Å². The number of benzene rings is 1. The van der Waals surface area contributed by atoms with Crippen molar-refractivity contribution in [1.82, 2.24) is 4.90 Å². The average molecular weight is 324 g/mol. The van der Waals surface area contributed by atoms with Crippen molar-refractivity contribution in [2.75, 3.05) is 11.9 Å². The maximum Gasteiger partial charge on any atom is 0.254 e. The largest absolute Gasteiger partial charge is 0.336 e. The second kappa shape index (κ2) is 6.56. The van der Waals surface area contributed by atoms with Crippen LogP contribution in [0, 0.1) is 13.8 Å². The molecule has 1 unspecified atom stereocenters. The highest BCUT2D eigenvalue weighted by Gasteiger charge is 2.29. The van der Waals surface area contributed by atoms with Gasteiger partial charge in [-0.2, -0.15) is 0 Å². The molecule has 1 amide bonds. The van der Waals surface area contributed by atoms with Crippen LogP contribution in [0.4, 0.5) is 0 Å². The van der Waals surface area contributed by atoms with Crippen LogP contribution in [0.5, 0.6) is 0 Å². The predicted octanol–water partition coefficient (Wildman–Crippen LogP) is 4.08. The summed E-state index contributed by atoms with van der Waals surface area (Å²) in [6.45, 7) is 4.98. The number of amides is 1. The third-order valence-electron chi connectivity index (χ3n) is 3.93. The summed E-state index contributed by atoms with van der Waals surface area (Å²) in [6, 6.07) is 6.58. The molecule has 1 aliphatic rings. The Bertz CT molecular complexity index is 458. The Hall–Kier alpha value is -0.830. The number of rotatable bonds is 4. The molecule has 0 N–H and O–H groups in total. The van der Waals surface area contributed by atoms with Gasteiger partial charge < -0.3 is 4.90 Å². The Kier molecular flexibility index (Phi) is 5.03. The molecule has 0 bridgehead atoms. The molecule has 0 saturated carbocycles. The summed E-state index contributed by atoms with van der Waals surface area (Å²) >= 11 is 3.48. The number of carbonyl (C=O) groups excluding carboxylic acids is 1. The minimum absolute atomic E-state index is 0.221. The summed E-state index contributed by atoms with van der Waals surface area (Å²) < 4.78 is 0. The number of aryl methyl sites for hydroxylation is 2. The van der Waals surface area contributed by atoms with E-state index in [1.807, 2.05) is 26.0 Å². The Morgan fingerprint density at radius 2 is 2.21 bits per heavy atom. The van der Waals surface area contributed by atoms with Crippen LogP contribution in [-0.4, -0.2) is 28.7 Å². The molecule has 2 nitrogen and oxygen atoms in total. The van der Waals surface area contributed by atoms with Gasteiger partial charge in [0.25, 0.3) is 5.91 Å². The van der Waals surface area contributed by atoms with E-state index in [4.69, 9.17) is 0 Å². The lowest BCUT2D eigenvalue weighted by Gasteiger charge is -2.25. The van der Waals surface area contributed by atoms with E-state index >= 15 is 0 Å². The quantitative estimate of drug-likeness (QED) is 0.764. The topological polar surface area (TPSA) is 20.3 Å². The number of hydrogen-bond donors (Lipinski definition) is 0. The van der Waals surface area contributed by atoms with Gasteiger partial charge in [0, 0.05) is 23.5 Å². The Balaban J connectivity index is 2.16. The fourth-order valence-electron chi connectivity index (χ4n) is 2.84. The molecule has 3 heteroatoms. The van der Waals surface area contributed by atoms with E-state index in [1.165, 1.54) is 0 Å². The zero-order valence-electron chi connectivity index (χ0n) is 11.8. The summed E-state index contributed by atoms with van der Waals surface area (Å²) in [5.41, 5.74) is 3.12. The van der Waals surface area contributed by atoms with E-state index < -0.39 is 0 Å². The molecule has 1 aliphatic heterocycles. The second-order valence-electron chi connectivity index (χ2n) is 5.44. The molecule has 19 heavy (non-hydrogen) atoms. The monoisotopic (exact) mass is 323 g/mol. The van der Waals surface area contributed by atoms with Crippen molar-refractivity contribution >= 4 is 21.8 Å². The highest BCUT2D eigenvalue weighted by molar-refractivity contribution is 9.09.